The first-order chi connectivity index (χ1) is 25.0. The molecule has 51 heavy (non-hydrogen) atoms. The summed E-state index contributed by atoms with van der Waals surface area (Å²) < 4.78 is 9.08. The molecule has 0 saturated heterocycles. The maximum atomic E-state index is 6.67. The average molecular weight is 653 g/mol. The van der Waals surface area contributed by atoms with Gasteiger partial charge in [-0.15, -0.1) is 0 Å². The van der Waals surface area contributed by atoms with E-state index in [4.69, 9.17) is 11.0 Å². The molecule has 3 nitrogen and oxygen atoms in total. The van der Waals surface area contributed by atoms with Gasteiger partial charge in [0.2, 0.25) is 0 Å². The molecule has 3 heterocycles. The molecule has 10 rings (SSSR count). The van der Waals surface area contributed by atoms with Crippen LogP contribution in [0.1, 0.15) is 0 Å². The molecule has 240 valence electrons. The van der Waals surface area contributed by atoms with E-state index in [0.717, 1.165) is 70.7 Å². The third-order valence-corrected chi connectivity index (χ3v) is 10.5. The molecule has 0 spiro atoms. The van der Waals surface area contributed by atoms with E-state index in [2.05, 4.69) is 150 Å². The fourth-order valence-electron chi connectivity index (χ4n) is 8.24. The van der Waals surface area contributed by atoms with Crippen LogP contribution in [0.15, 0.2) is 157 Å². The zero-order valence-electron chi connectivity index (χ0n) is 28.0. The van der Waals surface area contributed by atoms with Crippen LogP contribution in [0.4, 0.5) is 11.4 Å². The van der Waals surface area contributed by atoms with Gasteiger partial charge in [0, 0.05) is 43.7 Å². The normalized spacial score (nSPS) is 12.9. The number of furan rings is 1. The molecule has 3 heteroatoms. The zero-order chi connectivity index (χ0) is 34.4. The molecule has 0 amide bonds. The van der Waals surface area contributed by atoms with Crippen LogP contribution in [0.25, 0.3) is 96.1 Å². The highest BCUT2D eigenvalue weighted by Crippen LogP contribution is 2.45. The van der Waals surface area contributed by atoms with Gasteiger partial charge in [-0.25, -0.2) is 0 Å². The number of rotatable bonds is 5. The van der Waals surface area contributed by atoms with Crippen LogP contribution in [-0.4, -0.2) is 4.40 Å². The van der Waals surface area contributed by atoms with Gasteiger partial charge in [-0.2, -0.15) is 0 Å². The predicted octanol–water partition coefficient (Wildman–Crippen LogP) is 9.81. The molecule has 0 fully saturated rings. The standard InChI is InChI=1S/C48H32N2O/c1-5-15-33-30(3)31(4)40(35-17-7-6-16-34(33)35)26-29(2)49(45-24-14-21-39-38-20-10-13-25-46(38)51-48(39)45)32-27-41-36-18-8-11-22-43(36)50-44-23-12-9-19-37(44)42(28-32)47(41)50/h5-28H,1-4H2. The summed E-state index contributed by atoms with van der Waals surface area (Å²) in [5, 5.41) is 12.9. The van der Waals surface area contributed by atoms with E-state index in [-0.39, 0.29) is 0 Å². The first kappa shape index (κ1) is 29.1. The van der Waals surface area contributed by atoms with Crippen LogP contribution >= 0.6 is 0 Å². The van der Waals surface area contributed by atoms with Crippen molar-refractivity contribution in [3.8, 4) is 0 Å². The third-order valence-electron chi connectivity index (χ3n) is 10.5. The fourth-order valence-corrected chi connectivity index (χ4v) is 8.24. The fraction of sp³-hybridized carbons (Fsp3) is 0. The topological polar surface area (TPSA) is 20.8 Å². The SMILES string of the molecule is C=CC=c1c(=C)c(=C)c(=CC(=C)N(c2cc3c4ccccc4n4c5ccccc5c(c2)c34)c2cccc3c2oc2ccccc23)c2ccccc12. The van der Waals surface area contributed by atoms with E-state index in [1.165, 1.54) is 38.1 Å². The number of benzene rings is 7. The molecular formula is C48H32N2O. The minimum absolute atomic E-state index is 0.777. The van der Waals surface area contributed by atoms with Crippen molar-refractivity contribution in [1.29, 1.82) is 0 Å². The van der Waals surface area contributed by atoms with E-state index < -0.39 is 0 Å². The molecule has 3 aromatic heterocycles. The van der Waals surface area contributed by atoms with Crippen LogP contribution in [0.2, 0.25) is 0 Å². The minimum Gasteiger partial charge on any atom is -0.454 e. The van der Waals surface area contributed by atoms with Crippen molar-refractivity contribution in [3.63, 3.8) is 0 Å². The summed E-state index contributed by atoms with van der Waals surface area (Å²) in [6.45, 7) is 17.8. The number of fused-ring (bicyclic) bond motifs is 10. The largest absolute Gasteiger partial charge is 0.454 e. The van der Waals surface area contributed by atoms with Crippen molar-refractivity contribution >= 4 is 107 Å². The second-order valence-corrected chi connectivity index (χ2v) is 13.2. The van der Waals surface area contributed by atoms with Gasteiger partial charge >= 0.3 is 0 Å². The van der Waals surface area contributed by atoms with Crippen LogP contribution in [-0.2, 0) is 0 Å². The molecule has 0 bridgehead atoms. The molecular weight excluding hydrogens is 621 g/mol. The van der Waals surface area contributed by atoms with E-state index in [9.17, 15) is 0 Å². The Bertz CT molecular complexity index is 3260. The van der Waals surface area contributed by atoms with Crippen molar-refractivity contribution in [2.75, 3.05) is 4.90 Å². The van der Waals surface area contributed by atoms with Gasteiger partial charge in [0.05, 0.1) is 22.2 Å². The van der Waals surface area contributed by atoms with Crippen molar-refractivity contribution < 1.29 is 4.42 Å². The highest BCUT2D eigenvalue weighted by molar-refractivity contribution is 6.24. The molecule has 0 N–H and O–H groups in total. The summed E-state index contributed by atoms with van der Waals surface area (Å²) in [4.78, 5) is 2.24. The summed E-state index contributed by atoms with van der Waals surface area (Å²) in [5.74, 6) is 0. The second-order valence-electron chi connectivity index (χ2n) is 13.2. The quantitative estimate of drug-likeness (QED) is 0.185. The van der Waals surface area contributed by atoms with Crippen LogP contribution in [0.3, 0.4) is 0 Å². The lowest BCUT2D eigenvalue weighted by Gasteiger charge is -2.26. The number of nitrogens with zero attached hydrogens (tertiary/aromatic N) is 2. The number of allylic oxidation sites excluding steroid dienone is 2. The average Bonchev–Trinajstić information content (AvgIpc) is 3.82. The Hall–Kier alpha value is -6.84. The maximum Gasteiger partial charge on any atom is 0.159 e. The first-order valence-corrected chi connectivity index (χ1v) is 17.1. The number of anilines is 2. The Kier molecular flexibility index (Phi) is 6.18. The monoisotopic (exact) mass is 652 g/mol. The van der Waals surface area contributed by atoms with Gasteiger partial charge in [0.1, 0.15) is 5.58 Å². The number of aromatic nitrogens is 1. The van der Waals surface area contributed by atoms with Crippen LogP contribution < -0.4 is 25.8 Å². The lowest BCUT2D eigenvalue weighted by atomic mass is 10.0. The lowest BCUT2D eigenvalue weighted by molar-refractivity contribution is 0.669. The van der Waals surface area contributed by atoms with Crippen molar-refractivity contribution in [2.24, 2.45) is 0 Å². The van der Waals surface area contributed by atoms with E-state index in [0.29, 0.717) is 0 Å². The predicted molar refractivity (Wildman–Crippen MR) is 219 cm³/mol. The smallest absolute Gasteiger partial charge is 0.159 e. The Morgan fingerprint density at radius 2 is 1.14 bits per heavy atom. The van der Waals surface area contributed by atoms with Crippen molar-refractivity contribution in [1.82, 2.24) is 4.40 Å². The van der Waals surface area contributed by atoms with Gasteiger partial charge in [-0.1, -0.05) is 129 Å². The van der Waals surface area contributed by atoms with E-state index in [1.54, 1.807) is 0 Å². The molecule has 0 unspecified atom stereocenters. The molecule has 10 aromatic rings. The number of hydrogen-bond acceptors (Lipinski definition) is 2. The summed E-state index contributed by atoms with van der Waals surface area (Å²) in [6, 6.07) is 45.0. The van der Waals surface area contributed by atoms with Gasteiger partial charge in [-0.05, 0) is 74.1 Å². The maximum absolute atomic E-state index is 6.67. The molecule has 0 aliphatic heterocycles. The summed E-state index contributed by atoms with van der Waals surface area (Å²) in [7, 11) is 0. The Morgan fingerprint density at radius 1 is 0.588 bits per heavy atom. The Labute approximate surface area is 293 Å². The lowest BCUT2D eigenvalue weighted by Crippen LogP contribution is -2.47. The molecule has 0 radical (unpaired) electrons. The highest BCUT2D eigenvalue weighted by atomic mass is 16.3. The molecule has 0 aliphatic carbocycles. The second kappa shape index (κ2) is 10.8. The van der Waals surface area contributed by atoms with E-state index in [1.807, 2.05) is 24.3 Å². The zero-order valence-corrected chi connectivity index (χ0v) is 28.0. The van der Waals surface area contributed by atoms with Gasteiger partial charge in [0.25, 0.3) is 0 Å². The van der Waals surface area contributed by atoms with Crippen molar-refractivity contribution in [3.05, 3.63) is 173 Å². The Balaban J connectivity index is 1.33. The first-order valence-electron chi connectivity index (χ1n) is 17.1. The Morgan fingerprint density at radius 3 is 1.80 bits per heavy atom. The van der Waals surface area contributed by atoms with Crippen molar-refractivity contribution in [2.45, 2.75) is 0 Å². The molecule has 0 atom stereocenters. The van der Waals surface area contributed by atoms with Gasteiger partial charge < -0.3 is 13.7 Å². The summed E-state index contributed by atoms with van der Waals surface area (Å²) in [6.07, 6.45) is 5.97. The highest BCUT2D eigenvalue weighted by Gasteiger charge is 2.23. The van der Waals surface area contributed by atoms with Crippen LogP contribution in [0, 0.1) is 0 Å². The third kappa shape index (κ3) is 4.06. The molecule has 7 aromatic carbocycles. The van der Waals surface area contributed by atoms with Crippen LogP contribution in [0.5, 0.6) is 0 Å². The summed E-state index contributed by atoms with van der Waals surface area (Å²) >= 11 is 0. The molecule has 0 saturated carbocycles. The summed E-state index contributed by atoms with van der Waals surface area (Å²) in [5.41, 5.74) is 7.95. The number of hydrogen-bond donors (Lipinski definition) is 0. The van der Waals surface area contributed by atoms with Gasteiger partial charge in [0.15, 0.2) is 5.58 Å². The van der Waals surface area contributed by atoms with E-state index >= 15 is 0 Å². The molecule has 0 aliphatic rings. The van der Waals surface area contributed by atoms with Gasteiger partial charge in [-0.3, -0.25) is 0 Å². The number of para-hydroxylation sites is 4. The minimum atomic E-state index is 0.777.